The average molecular weight is 285 g/mol. The van der Waals surface area contributed by atoms with Gasteiger partial charge in [-0.1, -0.05) is 35.3 Å². The lowest BCUT2D eigenvalue weighted by molar-refractivity contribution is 0.219. The van der Waals surface area contributed by atoms with E-state index in [1.54, 1.807) is 31.2 Å². The summed E-state index contributed by atoms with van der Waals surface area (Å²) in [6.45, 7) is 1.74. The topological polar surface area (TPSA) is 20.2 Å². The van der Waals surface area contributed by atoms with Gasteiger partial charge >= 0.3 is 0 Å². The van der Waals surface area contributed by atoms with Crippen LogP contribution in [-0.4, -0.2) is 5.11 Å². The van der Waals surface area contributed by atoms with Crippen LogP contribution in [0.3, 0.4) is 0 Å². The summed E-state index contributed by atoms with van der Waals surface area (Å²) in [5.41, 5.74) is 1.85. The van der Waals surface area contributed by atoms with Crippen molar-refractivity contribution in [1.29, 1.82) is 0 Å². The molecule has 0 spiro atoms. The number of halogens is 3. The zero-order valence-electron chi connectivity index (χ0n) is 9.62. The number of benzene rings is 2. The molecule has 1 atom stereocenters. The van der Waals surface area contributed by atoms with E-state index in [1.165, 1.54) is 12.1 Å². The maximum absolute atomic E-state index is 13.0. The lowest BCUT2D eigenvalue weighted by Gasteiger charge is -2.15. The third-order valence-electron chi connectivity index (χ3n) is 2.78. The first-order valence-electron chi connectivity index (χ1n) is 5.38. The van der Waals surface area contributed by atoms with Gasteiger partial charge in [0.1, 0.15) is 11.9 Å². The number of rotatable bonds is 2. The Kier molecular flexibility index (Phi) is 3.91. The van der Waals surface area contributed by atoms with E-state index in [-0.39, 0.29) is 5.82 Å². The summed E-state index contributed by atoms with van der Waals surface area (Å²) in [6, 6.07) is 9.14. The molecule has 94 valence electrons. The highest BCUT2D eigenvalue weighted by Crippen LogP contribution is 2.31. The number of aliphatic hydroxyl groups is 1. The monoisotopic (exact) mass is 284 g/mol. The fourth-order valence-corrected chi connectivity index (χ4v) is 2.35. The van der Waals surface area contributed by atoms with Crippen molar-refractivity contribution in [3.63, 3.8) is 0 Å². The highest BCUT2D eigenvalue weighted by Gasteiger charge is 2.16. The van der Waals surface area contributed by atoms with Crippen molar-refractivity contribution in [3.05, 3.63) is 69.0 Å². The predicted octanol–water partition coefficient (Wildman–Crippen LogP) is 4.52. The van der Waals surface area contributed by atoms with Crippen molar-refractivity contribution in [2.75, 3.05) is 0 Å². The van der Waals surface area contributed by atoms with Crippen LogP contribution in [0.25, 0.3) is 0 Å². The minimum absolute atomic E-state index is 0.328. The molecule has 0 fully saturated rings. The minimum Gasteiger partial charge on any atom is -0.384 e. The summed E-state index contributed by atoms with van der Waals surface area (Å²) in [6.07, 6.45) is -0.893. The summed E-state index contributed by atoms with van der Waals surface area (Å²) in [7, 11) is 0. The van der Waals surface area contributed by atoms with Gasteiger partial charge in [0.25, 0.3) is 0 Å². The highest BCUT2D eigenvalue weighted by atomic mass is 35.5. The Morgan fingerprint density at radius 1 is 1.06 bits per heavy atom. The molecule has 0 aliphatic heterocycles. The number of hydrogen-bond acceptors (Lipinski definition) is 1. The van der Waals surface area contributed by atoms with Gasteiger partial charge in [0, 0.05) is 15.6 Å². The van der Waals surface area contributed by atoms with Crippen LogP contribution in [-0.2, 0) is 0 Å². The Morgan fingerprint density at radius 2 is 1.72 bits per heavy atom. The first-order chi connectivity index (χ1) is 8.49. The molecular weight excluding hydrogens is 274 g/mol. The fraction of sp³-hybridized carbons (Fsp3) is 0.143. The lowest BCUT2D eigenvalue weighted by Crippen LogP contribution is -2.03. The van der Waals surface area contributed by atoms with Crippen LogP contribution in [0.2, 0.25) is 10.0 Å². The van der Waals surface area contributed by atoms with E-state index in [0.717, 1.165) is 0 Å². The van der Waals surface area contributed by atoms with E-state index in [0.29, 0.717) is 26.7 Å². The van der Waals surface area contributed by atoms with Crippen molar-refractivity contribution in [2.24, 2.45) is 0 Å². The Hall–Kier alpha value is -1.09. The average Bonchev–Trinajstić information content (AvgIpc) is 2.28. The van der Waals surface area contributed by atoms with Crippen LogP contribution in [0, 0.1) is 12.7 Å². The van der Waals surface area contributed by atoms with Gasteiger partial charge in [-0.05, 0) is 42.3 Å². The van der Waals surface area contributed by atoms with Gasteiger partial charge in [0.2, 0.25) is 0 Å². The maximum Gasteiger partial charge on any atom is 0.123 e. The quantitative estimate of drug-likeness (QED) is 0.860. The van der Waals surface area contributed by atoms with Gasteiger partial charge in [-0.3, -0.25) is 0 Å². The second kappa shape index (κ2) is 5.27. The second-order valence-electron chi connectivity index (χ2n) is 4.07. The van der Waals surface area contributed by atoms with Crippen LogP contribution >= 0.6 is 23.2 Å². The molecule has 1 nitrogen and oxygen atoms in total. The molecule has 1 N–H and O–H groups in total. The molecule has 0 bridgehead atoms. The largest absolute Gasteiger partial charge is 0.384 e. The number of hydrogen-bond donors (Lipinski definition) is 1. The molecule has 0 amide bonds. The van der Waals surface area contributed by atoms with Gasteiger partial charge in [0.05, 0.1) is 0 Å². The summed E-state index contributed by atoms with van der Waals surface area (Å²) in [4.78, 5) is 0. The normalized spacial score (nSPS) is 12.5. The van der Waals surface area contributed by atoms with E-state index in [9.17, 15) is 9.50 Å². The van der Waals surface area contributed by atoms with Crippen molar-refractivity contribution < 1.29 is 9.50 Å². The van der Waals surface area contributed by atoms with Crippen LogP contribution in [0.5, 0.6) is 0 Å². The molecule has 0 aliphatic carbocycles. The molecule has 2 aromatic carbocycles. The first kappa shape index (κ1) is 13.3. The van der Waals surface area contributed by atoms with E-state index in [1.807, 2.05) is 0 Å². The van der Waals surface area contributed by atoms with Crippen LogP contribution in [0.4, 0.5) is 4.39 Å². The Labute approximate surface area is 115 Å². The zero-order chi connectivity index (χ0) is 13.3. The van der Waals surface area contributed by atoms with Crippen LogP contribution < -0.4 is 0 Å². The van der Waals surface area contributed by atoms with E-state index in [2.05, 4.69) is 0 Å². The predicted molar refractivity (Wildman–Crippen MR) is 71.7 cm³/mol. The van der Waals surface area contributed by atoms with Crippen molar-refractivity contribution >= 4 is 23.2 Å². The van der Waals surface area contributed by atoms with Crippen molar-refractivity contribution in [2.45, 2.75) is 13.0 Å². The number of aryl methyl sites for hydroxylation is 1. The van der Waals surface area contributed by atoms with Gasteiger partial charge in [-0.15, -0.1) is 0 Å². The fourth-order valence-electron chi connectivity index (χ4n) is 1.84. The molecule has 0 radical (unpaired) electrons. The summed E-state index contributed by atoms with van der Waals surface area (Å²) < 4.78 is 13.0. The van der Waals surface area contributed by atoms with Crippen molar-refractivity contribution in [3.8, 4) is 0 Å². The third-order valence-corrected chi connectivity index (χ3v) is 3.35. The zero-order valence-corrected chi connectivity index (χ0v) is 11.1. The Morgan fingerprint density at radius 3 is 2.33 bits per heavy atom. The minimum atomic E-state index is -0.893. The van der Waals surface area contributed by atoms with E-state index >= 15 is 0 Å². The molecular formula is C14H11Cl2FO. The smallest absolute Gasteiger partial charge is 0.123 e. The van der Waals surface area contributed by atoms with Crippen LogP contribution in [0.15, 0.2) is 36.4 Å². The van der Waals surface area contributed by atoms with Crippen LogP contribution in [0.1, 0.15) is 22.8 Å². The SMILES string of the molecule is Cc1cc(F)ccc1C(O)c1ccc(Cl)cc1Cl. The molecule has 0 aromatic heterocycles. The molecule has 2 aromatic rings. The lowest BCUT2D eigenvalue weighted by atomic mass is 9.97. The summed E-state index contributed by atoms with van der Waals surface area (Å²) in [5, 5.41) is 11.2. The molecule has 0 heterocycles. The molecule has 18 heavy (non-hydrogen) atoms. The molecule has 0 saturated carbocycles. The number of aliphatic hydroxyl groups excluding tert-OH is 1. The molecule has 0 aliphatic rings. The standard InChI is InChI=1S/C14H11Cl2FO/c1-8-6-10(17)3-5-11(8)14(18)12-4-2-9(15)7-13(12)16/h2-7,14,18H,1H3. The third kappa shape index (κ3) is 2.66. The maximum atomic E-state index is 13.0. The summed E-state index contributed by atoms with van der Waals surface area (Å²) >= 11 is 11.8. The summed E-state index contributed by atoms with van der Waals surface area (Å²) in [5.74, 6) is -0.328. The van der Waals surface area contributed by atoms with E-state index < -0.39 is 6.10 Å². The Bertz CT molecular complexity index is 533. The van der Waals surface area contributed by atoms with Gasteiger partial charge < -0.3 is 5.11 Å². The first-order valence-corrected chi connectivity index (χ1v) is 6.13. The van der Waals surface area contributed by atoms with Gasteiger partial charge in [0.15, 0.2) is 0 Å². The Balaban J connectivity index is 2.44. The van der Waals surface area contributed by atoms with E-state index in [4.69, 9.17) is 23.2 Å². The molecule has 4 heteroatoms. The second-order valence-corrected chi connectivity index (χ2v) is 4.91. The van der Waals surface area contributed by atoms with Gasteiger partial charge in [-0.2, -0.15) is 0 Å². The highest BCUT2D eigenvalue weighted by molar-refractivity contribution is 6.35. The van der Waals surface area contributed by atoms with Gasteiger partial charge in [-0.25, -0.2) is 4.39 Å². The molecule has 0 saturated heterocycles. The molecule has 2 rings (SSSR count). The molecule has 1 unspecified atom stereocenters. The van der Waals surface area contributed by atoms with Crippen molar-refractivity contribution in [1.82, 2.24) is 0 Å².